The van der Waals surface area contributed by atoms with E-state index >= 15 is 0 Å². The quantitative estimate of drug-likeness (QED) is 0.819. The fourth-order valence-electron chi connectivity index (χ4n) is 2.79. The van der Waals surface area contributed by atoms with Crippen LogP contribution in [0.3, 0.4) is 0 Å². The van der Waals surface area contributed by atoms with Crippen LogP contribution in [0.2, 0.25) is 5.02 Å². The van der Waals surface area contributed by atoms with Gasteiger partial charge in [0, 0.05) is 23.1 Å². The molecule has 0 saturated carbocycles. The van der Waals surface area contributed by atoms with Crippen molar-refractivity contribution in [1.29, 1.82) is 0 Å². The maximum atomic E-state index is 12.5. The van der Waals surface area contributed by atoms with Crippen molar-refractivity contribution in [1.82, 2.24) is 0 Å². The van der Waals surface area contributed by atoms with Gasteiger partial charge < -0.3 is 10.2 Å². The van der Waals surface area contributed by atoms with Gasteiger partial charge in [-0.05, 0) is 42.8 Å². The van der Waals surface area contributed by atoms with Gasteiger partial charge in [-0.15, -0.1) is 0 Å². The Hall–Kier alpha value is -1.85. The lowest BCUT2D eigenvalue weighted by atomic mass is 10.1. The molecule has 124 valence electrons. The number of carbonyl (C=O) groups excluding carboxylic acids is 2. The molecule has 1 saturated heterocycles. The maximum Gasteiger partial charge on any atom is 0.229 e. The van der Waals surface area contributed by atoms with Gasteiger partial charge in [0.25, 0.3) is 0 Å². The zero-order chi connectivity index (χ0) is 17.3. The molecule has 2 amide bonds. The Kier molecular flexibility index (Phi) is 4.92. The molecule has 1 aliphatic heterocycles. The number of aryl methyl sites for hydroxylation is 1. The van der Waals surface area contributed by atoms with Gasteiger partial charge in [0.05, 0.1) is 16.6 Å². The van der Waals surface area contributed by atoms with E-state index in [1.54, 1.807) is 17.0 Å². The summed E-state index contributed by atoms with van der Waals surface area (Å²) >= 11 is 9.56. The van der Waals surface area contributed by atoms with Crippen molar-refractivity contribution < 1.29 is 9.59 Å². The van der Waals surface area contributed by atoms with Gasteiger partial charge in [-0.25, -0.2) is 0 Å². The van der Waals surface area contributed by atoms with Crippen LogP contribution in [0, 0.1) is 12.8 Å². The molecule has 2 aromatic rings. The molecule has 0 radical (unpaired) electrons. The van der Waals surface area contributed by atoms with Crippen LogP contribution in [-0.4, -0.2) is 18.4 Å². The molecule has 24 heavy (non-hydrogen) atoms. The number of hydrogen-bond donors (Lipinski definition) is 1. The highest BCUT2D eigenvalue weighted by atomic mass is 79.9. The molecule has 0 bridgehead atoms. The van der Waals surface area contributed by atoms with E-state index in [2.05, 4.69) is 21.2 Å². The molecule has 0 spiro atoms. The summed E-state index contributed by atoms with van der Waals surface area (Å²) in [6.07, 6.45) is 0.187. The summed E-state index contributed by atoms with van der Waals surface area (Å²) in [5.74, 6) is -0.629. The minimum atomic E-state index is -0.392. The molecule has 6 heteroatoms. The van der Waals surface area contributed by atoms with Crippen molar-refractivity contribution in [2.24, 2.45) is 5.92 Å². The minimum absolute atomic E-state index is 0.0872. The minimum Gasteiger partial charge on any atom is -0.326 e. The Morgan fingerprint density at radius 1 is 1.29 bits per heavy atom. The van der Waals surface area contributed by atoms with Crippen LogP contribution in [0.25, 0.3) is 0 Å². The van der Waals surface area contributed by atoms with Crippen molar-refractivity contribution in [2.75, 3.05) is 16.8 Å². The predicted molar refractivity (Wildman–Crippen MR) is 99.4 cm³/mol. The molecule has 1 N–H and O–H groups in total. The molecular weight excluding hydrogens is 392 g/mol. The van der Waals surface area contributed by atoms with Gasteiger partial charge in [0.1, 0.15) is 0 Å². The molecule has 4 nitrogen and oxygen atoms in total. The Labute approximate surface area is 153 Å². The second-order valence-corrected chi connectivity index (χ2v) is 7.13. The van der Waals surface area contributed by atoms with Crippen LogP contribution in [0.1, 0.15) is 12.0 Å². The second kappa shape index (κ2) is 6.95. The van der Waals surface area contributed by atoms with Crippen LogP contribution in [0.15, 0.2) is 46.9 Å². The fraction of sp³-hybridized carbons (Fsp3) is 0.222. The summed E-state index contributed by atoms with van der Waals surface area (Å²) in [6, 6.07) is 12.8. The van der Waals surface area contributed by atoms with Crippen LogP contribution >= 0.6 is 27.5 Å². The summed E-state index contributed by atoms with van der Waals surface area (Å²) in [5.41, 5.74) is 2.37. The number of carbonyl (C=O) groups is 2. The van der Waals surface area contributed by atoms with E-state index in [4.69, 9.17) is 11.6 Å². The number of benzene rings is 2. The highest BCUT2D eigenvalue weighted by Crippen LogP contribution is 2.31. The monoisotopic (exact) mass is 406 g/mol. The Morgan fingerprint density at radius 3 is 2.75 bits per heavy atom. The third-order valence-corrected chi connectivity index (χ3v) is 4.90. The third-order valence-electron chi connectivity index (χ3n) is 4.09. The summed E-state index contributed by atoms with van der Waals surface area (Å²) in [5, 5.41) is 3.42. The first-order valence-corrected chi connectivity index (χ1v) is 8.74. The highest BCUT2D eigenvalue weighted by Gasteiger charge is 2.35. The van der Waals surface area contributed by atoms with Crippen LogP contribution < -0.4 is 10.2 Å². The number of nitrogens with zero attached hydrogens (tertiary/aromatic N) is 1. The molecule has 1 fully saturated rings. The van der Waals surface area contributed by atoms with Gasteiger partial charge in [0.15, 0.2) is 0 Å². The normalized spacial score (nSPS) is 17.2. The van der Waals surface area contributed by atoms with Crippen molar-refractivity contribution in [3.8, 4) is 0 Å². The van der Waals surface area contributed by atoms with Crippen molar-refractivity contribution >= 4 is 50.7 Å². The fourth-order valence-corrected chi connectivity index (χ4v) is 3.50. The number of amides is 2. The first-order valence-electron chi connectivity index (χ1n) is 7.57. The van der Waals surface area contributed by atoms with E-state index in [-0.39, 0.29) is 18.2 Å². The van der Waals surface area contributed by atoms with Crippen molar-refractivity contribution in [3.05, 3.63) is 57.5 Å². The SMILES string of the molecule is Cc1cc(Br)ccc1NC(=O)C1CC(=O)N(c2ccccc2Cl)C1. The summed E-state index contributed by atoms with van der Waals surface area (Å²) in [7, 11) is 0. The lowest BCUT2D eigenvalue weighted by molar-refractivity contribution is -0.122. The van der Waals surface area contributed by atoms with Crippen molar-refractivity contribution in [3.63, 3.8) is 0 Å². The van der Waals surface area contributed by atoms with E-state index in [0.717, 1.165) is 15.7 Å². The number of para-hydroxylation sites is 1. The van der Waals surface area contributed by atoms with Gasteiger partial charge in [-0.3, -0.25) is 9.59 Å². The Bertz CT molecular complexity index is 809. The zero-order valence-electron chi connectivity index (χ0n) is 13.1. The Morgan fingerprint density at radius 2 is 2.04 bits per heavy atom. The Balaban J connectivity index is 1.73. The first-order chi connectivity index (χ1) is 11.5. The molecule has 0 aliphatic carbocycles. The third kappa shape index (κ3) is 3.47. The lowest BCUT2D eigenvalue weighted by Gasteiger charge is -2.18. The summed E-state index contributed by atoms with van der Waals surface area (Å²) in [4.78, 5) is 26.4. The molecule has 1 unspecified atom stereocenters. The summed E-state index contributed by atoms with van der Waals surface area (Å²) < 4.78 is 0.957. The van der Waals surface area contributed by atoms with Gasteiger partial charge >= 0.3 is 0 Å². The van der Waals surface area contributed by atoms with E-state index in [0.29, 0.717) is 17.3 Å². The van der Waals surface area contributed by atoms with E-state index in [1.807, 2.05) is 37.3 Å². The smallest absolute Gasteiger partial charge is 0.229 e. The van der Waals surface area contributed by atoms with Gasteiger partial charge in [-0.2, -0.15) is 0 Å². The van der Waals surface area contributed by atoms with Gasteiger partial charge in [-0.1, -0.05) is 39.7 Å². The average Bonchev–Trinajstić information content (AvgIpc) is 2.92. The first kappa shape index (κ1) is 17.0. The summed E-state index contributed by atoms with van der Waals surface area (Å²) in [6.45, 7) is 2.26. The molecule has 2 aromatic carbocycles. The zero-order valence-corrected chi connectivity index (χ0v) is 15.4. The molecule has 1 atom stereocenters. The average molecular weight is 408 g/mol. The standard InChI is InChI=1S/C18H16BrClN2O2/c1-11-8-13(19)6-7-15(11)21-18(24)12-9-17(23)22(10-12)16-5-3-2-4-14(16)20/h2-8,12H,9-10H2,1H3,(H,21,24). The number of anilines is 2. The molecule has 1 heterocycles. The topological polar surface area (TPSA) is 49.4 Å². The van der Waals surface area contributed by atoms with E-state index < -0.39 is 5.92 Å². The van der Waals surface area contributed by atoms with Crippen LogP contribution in [0.4, 0.5) is 11.4 Å². The molecule has 1 aliphatic rings. The maximum absolute atomic E-state index is 12.5. The second-order valence-electron chi connectivity index (χ2n) is 5.81. The van der Waals surface area contributed by atoms with E-state index in [9.17, 15) is 9.59 Å². The number of hydrogen-bond acceptors (Lipinski definition) is 2. The van der Waals surface area contributed by atoms with Crippen LogP contribution in [-0.2, 0) is 9.59 Å². The molecule has 3 rings (SSSR count). The number of halogens is 2. The van der Waals surface area contributed by atoms with Gasteiger partial charge in [0.2, 0.25) is 11.8 Å². The highest BCUT2D eigenvalue weighted by molar-refractivity contribution is 9.10. The molecule has 0 aromatic heterocycles. The number of nitrogens with one attached hydrogen (secondary N) is 1. The largest absolute Gasteiger partial charge is 0.326 e. The van der Waals surface area contributed by atoms with Crippen LogP contribution in [0.5, 0.6) is 0 Å². The lowest BCUT2D eigenvalue weighted by Crippen LogP contribution is -2.28. The molecular formula is C18H16BrClN2O2. The predicted octanol–water partition coefficient (Wildman–Crippen LogP) is 4.40. The van der Waals surface area contributed by atoms with Crippen molar-refractivity contribution in [2.45, 2.75) is 13.3 Å². The number of rotatable bonds is 3. The van der Waals surface area contributed by atoms with E-state index in [1.165, 1.54) is 0 Å².